The van der Waals surface area contributed by atoms with Crippen molar-refractivity contribution in [3.63, 3.8) is 0 Å². The number of aliphatic imine (C=N–C) groups is 1. The average Bonchev–Trinajstić information content (AvgIpc) is 3.21. The Bertz CT molecular complexity index is 939. The number of ether oxygens (including phenoxy) is 1. The molecule has 8 nitrogen and oxygen atoms in total. The topological polar surface area (TPSA) is 105 Å². The number of hydrogen-bond donors (Lipinski definition) is 1. The van der Waals surface area contributed by atoms with E-state index in [9.17, 15) is 9.59 Å². The Hall–Kier alpha value is -2.72. The highest BCUT2D eigenvalue weighted by molar-refractivity contribution is 8.18. The standard InChI is InChI=1S/C17H16N4O4S2/c1-3-13-19-20-16(27-13)18-17-21(2)15(24)12(26-17)8-10-5-4-6-11(7-10)25-9-14(22)23/h4-8H,3,9H2,1-2H3,(H,22,23)/b12-8+,18-17+. The first-order valence-corrected chi connectivity index (χ1v) is 9.63. The van der Waals surface area contributed by atoms with Crippen LogP contribution in [-0.4, -0.2) is 50.9 Å². The largest absolute Gasteiger partial charge is 0.482 e. The summed E-state index contributed by atoms with van der Waals surface area (Å²) in [5.41, 5.74) is 0.729. The van der Waals surface area contributed by atoms with E-state index in [0.29, 0.717) is 21.0 Å². The molecule has 0 saturated carbocycles. The molecule has 1 saturated heterocycles. The molecule has 0 unspecified atom stereocenters. The summed E-state index contributed by atoms with van der Waals surface area (Å²) < 4.78 is 5.17. The van der Waals surface area contributed by atoms with Gasteiger partial charge in [-0.15, -0.1) is 10.2 Å². The van der Waals surface area contributed by atoms with Crippen molar-refractivity contribution in [1.29, 1.82) is 0 Å². The van der Waals surface area contributed by atoms with Crippen molar-refractivity contribution >= 4 is 51.4 Å². The summed E-state index contributed by atoms with van der Waals surface area (Å²) in [6.07, 6.45) is 2.51. The number of aromatic nitrogens is 2. The number of thioether (sulfide) groups is 1. The fourth-order valence-electron chi connectivity index (χ4n) is 2.16. The quantitative estimate of drug-likeness (QED) is 0.738. The molecule has 1 aliphatic rings. The summed E-state index contributed by atoms with van der Waals surface area (Å²) in [6, 6.07) is 6.88. The van der Waals surface area contributed by atoms with Crippen molar-refractivity contribution in [3.8, 4) is 5.75 Å². The van der Waals surface area contributed by atoms with Crippen LogP contribution in [0.3, 0.4) is 0 Å². The van der Waals surface area contributed by atoms with Gasteiger partial charge in [-0.25, -0.2) is 4.79 Å². The number of hydrogen-bond acceptors (Lipinski definition) is 8. The van der Waals surface area contributed by atoms with E-state index in [1.807, 2.05) is 13.0 Å². The van der Waals surface area contributed by atoms with Crippen LogP contribution in [0.5, 0.6) is 5.75 Å². The number of carbonyl (C=O) groups is 2. The van der Waals surface area contributed by atoms with Gasteiger partial charge in [0.05, 0.1) is 4.91 Å². The van der Waals surface area contributed by atoms with Gasteiger partial charge in [0.25, 0.3) is 5.91 Å². The summed E-state index contributed by atoms with van der Waals surface area (Å²) >= 11 is 2.64. The summed E-state index contributed by atoms with van der Waals surface area (Å²) in [6.45, 7) is 1.57. The molecule has 1 aromatic heterocycles. The van der Waals surface area contributed by atoms with Gasteiger partial charge >= 0.3 is 5.97 Å². The Morgan fingerprint density at radius 2 is 2.22 bits per heavy atom. The lowest BCUT2D eigenvalue weighted by Crippen LogP contribution is -2.23. The van der Waals surface area contributed by atoms with Crippen molar-refractivity contribution < 1.29 is 19.4 Å². The van der Waals surface area contributed by atoms with Crippen LogP contribution >= 0.6 is 23.1 Å². The van der Waals surface area contributed by atoms with Gasteiger partial charge in [0.1, 0.15) is 10.8 Å². The van der Waals surface area contributed by atoms with Crippen LogP contribution in [0, 0.1) is 0 Å². The van der Waals surface area contributed by atoms with Gasteiger partial charge in [0, 0.05) is 7.05 Å². The normalized spacial score (nSPS) is 17.1. The molecule has 27 heavy (non-hydrogen) atoms. The monoisotopic (exact) mass is 404 g/mol. The van der Waals surface area contributed by atoms with Gasteiger partial charge in [0.15, 0.2) is 11.8 Å². The maximum atomic E-state index is 12.5. The molecule has 2 heterocycles. The van der Waals surface area contributed by atoms with Gasteiger partial charge in [0.2, 0.25) is 5.13 Å². The van der Waals surface area contributed by atoms with Gasteiger partial charge < -0.3 is 9.84 Å². The number of carbonyl (C=O) groups excluding carboxylic acids is 1. The van der Waals surface area contributed by atoms with Crippen LogP contribution in [0.1, 0.15) is 17.5 Å². The molecule has 140 valence electrons. The van der Waals surface area contributed by atoms with Crippen molar-refractivity contribution in [2.24, 2.45) is 4.99 Å². The van der Waals surface area contributed by atoms with Crippen LogP contribution in [0.2, 0.25) is 0 Å². The second kappa shape index (κ2) is 8.31. The summed E-state index contributed by atoms with van der Waals surface area (Å²) in [7, 11) is 1.66. The Labute approximate surface area is 163 Å². The van der Waals surface area contributed by atoms with E-state index in [2.05, 4.69) is 15.2 Å². The number of aliphatic carboxylic acids is 1. The van der Waals surface area contributed by atoms with E-state index in [1.54, 1.807) is 31.3 Å². The SMILES string of the molecule is CCc1nnc(/N=C2/S/C(=C/c3cccc(OCC(=O)O)c3)C(=O)N2C)s1. The van der Waals surface area contributed by atoms with E-state index in [4.69, 9.17) is 9.84 Å². The zero-order valence-corrected chi connectivity index (χ0v) is 16.2. The molecule has 1 aromatic carbocycles. The molecule has 1 amide bonds. The summed E-state index contributed by atoms with van der Waals surface area (Å²) in [4.78, 5) is 29.5. The molecule has 0 spiro atoms. The van der Waals surface area contributed by atoms with E-state index in [0.717, 1.165) is 17.0 Å². The number of rotatable bonds is 6. The Kier molecular flexibility index (Phi) is 5.87. The van der Waals surface area contributed by atoms with Crippen LogP contribution < -0.4 is 4.74 Å². The number of carboxylic acid groups (broad SMARTS) is 1. The molecular formula is C17H16N4O4S2. The third-order valence-corrected chi connectivity index (χ3v) is 5.49. The average molecular weight is 404 g/mol. The van der Waals surface area contributed by atoms with Crippen molar-refractivity contribution in [2.45, 2.75) is 13.3 Å². The molecular weight excluding hydrogens is 388 g/mol. The molecule has 10 heteroatoms. The molecule has 2 aromatic rings. The van der Waals surface area contributed by atoms with Crippen LogP contribution in [0.25, 0.3) is 6.08 Å². The van der Waals surface area contributed by atoms with Crippen molar-refractivity contribution in [1.82, 2.24) is 15.1 Å². The molecule has 1 fully saturated rings. The van der Waals surface area contributed by atoms with Gasteiger partial charge in [-0.2, -0.15) is 4.99 Å². The highest BCUT2D eigenvalue weighted by Crippen LogP contribution is 2.34. The number of nitrogens with zero attached hydrogens (tertiary/aromatic N) is 4. The fourth-order valence-corrected chi connectivity index (χ4v) is 3.83. The zero-order chi connectivity index (χ0) is 19.4. The first kappa shape index (κ1) is 19.1. The third-order valence-electron chi connectivity index (χ3n) is 3.47. The van der Waals surface area contributed by atoms with Crippen LogP contribution in [0.15, 0.2) is 34.2 Å². The minimum absolute atomic E-state index is 0.171. The molecule has 1 N–H and O–H groups in total. The number of likely N-dealkylation sites (N-methyl/N-ethyl adjacent to an activating group) is 1. The molecule has 0 radical (unpaired) electrons. The predicted molar refractivity (Wildman–Crippen MR) is 104 cm³/mol. The summed E-state index contributed by atoms with van der Waals surface area (Å²) in [5.74, 6) is -0.799. The van der Waals surface area contributed by atoms with Crippen molar-refractivity contribution in [2.75, 3.05) is 13.7 Å². The fraction of sp³-hybridized carbons (Fsp3) is 0.235. The number of benzene rings is 1. The van der Waals surface area contributed by atoms with Gasteiger partial charge in [-0.3, -0.25) is 9.69 Å². The van der Waals surface area contributed by atoms with E-state index in [-0.39, 0.29) is 5.91 Å². The smallest absolute Gasteiger partial charge is 0.341 e. The minimum atomic E-state index is -1.05. The van der Waals surface area contributed by atoms with E-state index in [1.165, 1.54) is 28.0 Å². The number of amidine groups is 1. The molecule has 0 aliphatic carbocycles. The van der Waals surface area contributed by atoms with Crippen LogP contribution in [-0.2, 0) is 16.0 Å². The maximum absolute atomic E-state index is 12.5. The summed E-state index contributed by atoms with van der Waals surface area (Å²) in [5, 5.41) is 18.7. The highest BCUT2D eigenvalue weighted by Gasteiger charge is 2.30. The lowest BCUT2D eigenvalue weighted by Gasteiger charge is -2.05. The molecule has 3 rings (SSSR count). The molecule has 1 aliphatic heterocycles. The van der Waals surface area contributed by atoms with E-state index >= 15 is 0 Å². The Balaban J connectivity index is 1.80. The van der Waals surface area contributed by atoms with Gasteiger partial charge in [-0.1, -0.05) is 30.4 Å². The number of carboxylic acids is 1. The lowest BCUT2D eigenvalue weighted by atomic mass is 10.2. The maximum Gasteiger partial charge on any atom is 0.341 e. The van der Waals surface area contributed by atoms with Gasteiger partial charge in [-0.05, 0) is 42.0 Å². The van der Waals surface area contributed by atoms with E-state index < -0.39 is 12.6 Å². The molecule has 0 bridgehead atoms. The first-order valence-electron chi connectivity index (χ1n) is 7.99. The first-order chi connectivity index (χ1) is 13.0. The van der Waals surface area contributed by atoms with Crippen LogP contribution in [0.4, 0.5) is 5.13 Å². The minimum Gasteiger partial charge on any atom is -0.482 e. The Morgan fingerprint density at radius 3 is 2.93 bits per heavy atom. The van der Waals surface area contributed by atoms with Crippen molar-refractivity contribution in [3.05, 3.63) is 39.7 Å². The second-order valence-electron chi connectivity index (χ2n) is 5.46. The molecule has 0 atom stereocenters. The predicted octanol–water partition coefficient (Wildman–Crippen LogP) is 2.80. The third kappa shape index (κ3) is 4.72. The second-order valence-corrected chi connectivity index (χ2v) is 7.51. The number of aryl methyl sites for hydroxylation is 1. The Morgan fingerprint density at radius 1 is 1.41 bits per heavy atom. The highest BCUT2D eigenvalue weighted by atomic mass is 32.2. The lowest BCUT2D eigenvalue weighted by molar-refractivity contribution is -0.139. The zero-order valence-electron chi connectivity index (χ0n) is 14.6. The number of amides is 1.